The average molecular weight is 250 g/mol. The topological polar surface area (TPSA) is 46.9 Å². The van der Waals surface area contributed by atoms with Gasteiger partial charge in [0.25, 0.3) is 0 Å². The fraction of sp³-hybridized carbons (Fsp3) is 0.571. The third-order valence-electron chi connectivity index (χ3n) is 3.60. The van der Waals surface area contributed by atoms with Gasteiger partial charge in [-0.2, -0.15) is 0 Å². The molecule has 1 heterocycles. The largest absolute Gasteiger partial charge is 0.392 e. The van der Waals surface area contributed by atoms with E-state index in [0.717, 1.165) is 32.7 Å². The molecule has 2 rings (SSSR count). The summed E-state index contributed by atoms with van der Waals surface area (Å²) in [5, 5.41) is 19.1. The van der Waals surface area contributed by atoms with Gasteiger partial charge in [-0.3, -0.25) is 9.80 Å². The summed E-state index contributed by atoms with van der Waals surface area (Å²) in [4.78, 5) is 4.31. The Morgan fingerprint density at radius 2 is 1.72 bits per heavy atom. The van der Waals surface area contributed by atoms with Crippen molar-refractivity contribution in [2.24, 2.45) is 0 Å². The van der Waals surface area contributed by atoms with Crippen molar-refractivity contribution < 1.29 is 10.2 Å². The number of aliphatic hydroxyl groups is 2. The van der Waals surface area contributed by atoms with Crippen LogP contribution in [-0.4, -0.2) is 58.5 Å². The minimum atomic E-state index is -1.08. The van der Waals surface area contributed by atoms with Crippen LogP contribution in [0.2, 0.25) is 0 Å². The molecule has 4 heteroatoms. The first kappa shape index (κ1) is 13.5. The van der Waals surface area contributed by atoms with Crippen LogP contribution in [0.4, 0.5) is 0 Å². The molecule has 1 aromatic rings. The molecule has 1 atom stereocenters. The van der Waals surface area contributed by atoms with Crippen LogP contribution in [0, 0.1) is 0 Å². The van der Waals surface area contributed by atoms with Gasteiger partial charge in [-0.1, -0.05) is 30.3 Å². The van der Waals surface area contributed by atoms with E-state index in [1.165, 1.54) is 5.56 Å². The zero-order valence-corrected chi connectivity index (χ0v) is 10.9. The van der Waals surface area contributed by atoms with Crippen LogP contribution in [0.15, 0.2) is 30.3 Å². The summed E-state index contributed by atoms with van der Waals surface area (Å²) in [5.41, 5.74) is 0.235. The van der Waals surface area contributed by atoms with Crippen molar-refractivity contribution in [3.8, 4) is 0 Å². The SMILES string of the molecule is CC(O)(CO)N1CCN(Cc2ccccc2)CC1. The molecular formula is C14H22N2O2. The molecule has 0 radical (unpaired) electrons. The van der Waals surface area contributed by atoms with Crippen molar-refractivity contribution in [2.75, 3.05) is 32.8 Å². The molecule has 4 nitrogen and oxygen atoms in total. The quantitative estimate of drug-likeness (QED) is 0.817. The summed E-state index contributed by atoms with van der Waals surface area (Å²) < 4.78 is 0. The highest BCUT2D eigenvalue weighted by Gasteiger charge is 2.30. The van der Waals surface area contributed by atoms with Gasteiger partial charge >= 0.3 is 0 Å². The zero-order valence-electron chi connectivity index (χ0n) is 10.9. The predicted molar refractivity (Wildman–Crippen MR) is 71.0 cm³/mol. The minimum Gasteiger partial charge on any atom is -0.392 e. The van der Waals surface area contributed by atoms with Crippen LogP contribution >= 0.6 is 0 Å². The van der Waals surface area contributed by atoms with Gasteiger partial charge in [-0.05, 0) is 12.5 Å². The lowest BCUT2D eigenvalue weighted by atomic mass is 10.1. The second kappa shape index (κ2) is 5.80. The Bertz CT molecular complexity index is 359. The molecule has 0 saturated carbocycles. The zero-order chi connectivity index (χ0) is 13.0. The fourth-order valence-electron chi connectivity index (χ4n) is 2.33. The lowest BCUT2D eigenvalue weighted by Crippen LogP contribution is -2.57. The van der Waals surface area contributed by atoms with E-state index in [1.807, 2.05) is 11.0 Å². The number of aliphatic hydroxyl groups excluding tert-OH is 1. The van der Waals surface area contributed by atoms with E-state index in [1.54, 1.807) is 6.92 Å². The highest BCUT2D eigenvalue weighted by molar-refractivity contribution is 5.14. The highest BCUT2D eigenvalue weighted by Crippen LogP contribution is 2.15. The summed E-state index contributed by atoms with van der Waals surface area (Å²) in [6.07, 6.45) is 0. The predicted octanol–water partition coefficient (Wildman–Crippen LogP) is 0.505. The van der Waals surface area contributed by atoms with E-state index in [0.29, 0.717) is 0 Å². The lowest BCUT2D eigenvalue weighted by molar-refractivity contribution is -0.138. The first-order valence-electron chi connectivity index (χ1n) is 6.46. The molecule has 1 unspecified atom stereocenters. The minimum absolute atomic E-state index is 0.217. The number of hydrogen-bond donors (Lipinski definition) is 2. The number of benzene rings is 1. The van der Waals surface area contributed by atoms with Gasteiger partial charge in [0.2, 0.25) is 0 Å². The molecule has 18 heavy (non-hydrogen) atoms. The van der Waals surface area contributed by atoms with Gasteiger partial charge in [0, 0.05) is 32.7 Å². The van der Waals surface area contributed by atoms with E-state index in [4.69, 9.17) is 5.11 Å². The molecule has 2 N–H and O–H groups in total. The first-order valence-corrected chi connectivity index (χ1v) is 6.46. The van der Waals surface area contributed by atoms with E-state index in [2.05, 4.69) is 29.2 Å². The molecular weight excluding hydrogens is 228 g/mol. The second-order valence-electron chi connectivity index (χ2n) is 5.12. The lowest BCUT2D eigenvalue weighted by Gasteiger charge is -2.41. The molecule has 1 fully saturated rings. The first-order chi connectivity index (χ1) is 8.62. The summed E-state index contributed by atoms with van der Waals surface area (Å²) in [6, 6.07) is 10.4. The van der Waals surface area contributed by atoms with Gasteiger partial charge < -0.3 is 10.2 Å². The van der Waals surface area contributed by atoms with E-state index < -0.39 is 5.72 Å². The maximum absolute atomic E-state index is 9.98. The second-order valence-corrected chi connectivity index (χ2v) is 5.12. The van der Waals surface area contributed by atoms with Crippen molar-refractivity contribution >= 4 is 0 Å². The third kappa shape index (κ3) is 3.29. The summed E-state index contributed by atoms with van der Waals surface area (Å²) in [5.74, 6) is 0. The molecule has 1 aliphatic rings. The monoisotopic (exact) mass is 250 g/mol. The van der Waals surface area contributed by atoms with Crippen molar-refractivity contribution in [3.05, 3.63) is 35.9 Å². The fourth-order valence-corrected chi connectivity index (χ4v) is 2.33. The Morgan fingerprint density at radius 1 is 1.11 bits per heavy atom. The van der Waals surface area contributed by atoms with Gasteiger partial charge in [0.15, 0.2) is 0 Å². The maximum atomic E-state index is 9.98. The Hall–Kier alpha value is -0.940. The molecule has 1 saturated heterocycles. The van der Waals surface area contributed by atoms with E-state index in [9.17, 15) is 5.11 Å². The number of piperazine rings is 1. The number of nitrogens with zero attached hydrogens (tertiary/aromatic N) is 2. The number of hydrogen-bond acceptors (Lipinski definition) is 4. The van der Waals surface area contributed by atoms with E-state index in [-0.39, 0.29) is 6.61 Å². The Kier molecular flexibility index (Phi) is 4.35. The Morgan fingerprint density at radius 3 is 2.28 bits per heavy atom. The standard InChI is InChI=1S/C14H22N2O2/c1-14(18,12-17)16-9-7-15(8-10-16)11-13-5-3-2-4-6-13/h2-6,17-18H,7-12H2,1H3. The van der Waals surface area contributed by atoms with Gasteiger partial charge in [0.05, 0.1) is 6.61 Å². The molecule has 0 bridgehead atoms. The van der Waals surface area contributed by atoms with Crippen molar-refractivity contribution in [3.63, 3.8) is 0 Å². The maximum Gasteiger partial charge on any atom is 0.139 e. The van der Waals surface area contributed by atoms with Crippen molar-refractivity contribution in [1.29, 1.82) is 0 Å². The Balaban J connectivity index is 1.84. The van der Waals surface area contributed by atoms with E-state index >= 15 is 0 Å². The highest BCUT2D eigenvalue weighted by atomic mass is 16.3. The van der Waals surface area contributed by atoms with Gasteiger partial charge in [-0.15, -0.1) is 0 Å². The molecule has 0 aliphatic carbocycles. The van der Waals surface area contributed by atoms with Crippen LogP contribution in [0.25, 0.3) is 0 Å². The Labute approximate surface area is 108 Å². The van der Waals surface area contributed by atoms with Crippen LogP contribution < -0.4 is 0 Å². The molecule has 1 aliphatic heterocycles. The van der Waals surface area contributed by atoms with Crippen molar-refractivity contribution in [1.82, 2.24) is 9.80 Å². The summed E-state index contributed by atoms with van der Waals surface area (Å²) in [6.45, 7) is 5.83. The molecule has 0 aromatic heterocycles. The average Bonchev–Trinajstić information content (AvgIpc) is 2.40. The molecule has 100 valence electrons. The summed E-state index contributed by atoms with van der Waals surface area (Å²) in [7, 11) is 0. The van der Waals surface area contributed by atoms with Gasteiger partial charge in [0.1, 0.15) is 5.72 Å². The third-order valence-corrected chi connectivity index (χ3v) is 3.60. The van der Waals surface area contributed by atoms with Crippen LogP contribution in [0.3, 0.4) is 0 Å². The molecule has 0 amide bonds. The summed E-state index contributed by atoms with van der Waals surface area (Å²) >= 11 is 0. The van der Waals surface area contributed by atoms with Crippen LogP contribution in [0.1, 0.15) is 12.5 Å². The van der Waals surface area contributed by atoms with Gasteiger partial charge in [-0.25, -0.2) is 0 Å². The molecule has 0 spiro atoms. The van der Waals surface area contributed by atoms with Crippen LogP contribution in [-0.2, 0) is 6.54 Å². The molecule has 1 aromatic carbocycles. The smallest absolute Gasteiger partial charge is 0.139 e. The normalized spacial score (nSPS) is 21.7. The van der Waals surface area contributed by atoms with Crippen molar-refractivity contribution in [2.45, 2.75) is 19.2 Å². The number of rotatable bonds is 4. The van der Waals surface area contributed by atoms with Crippen LogP contribution in [0.5, 0.6) is 0 Å².